The minimum absolute atomic E-state index is 0.356. The molecule has 144 valence electrons. The molecule has 3 rings (SSSR count). The molecule has 0 spiro atoms. The van der Waals surface area contributed by atoms with Gasteiger partial charge in [-0.05, 0) is 62.5 Å². The second kappa shape index (κ2) is 8.95. The van der Waals surface area contributed by atoms with Gasteiger partial charge in [-0.2, -0.15) is 0 Å². The van der Waals surface area contributed by atoms with Crippen molar-refractivity contribution in [2.75, 3.05) is 43.6 Å². The molecule has 1 N–H and O–H groups in total. The monoisotopic (exact) mass is 385 g/mol. The molecule has 2 aromatic carbocycles. The van der Waals surface area contributed by atoms with E-state index in [-0.39, 0.29) is 0 Å². The van der Waals surface area contributed by atoms with Crippen molar-refractivity contribution in [3.8, 4) is 11.5 Å². The zero-order chi connectivity index (χ0) is 19.2. The lowest BCUT2D eigenvalue weighted by Crippen LogP contribution is -2.54. The second-order valence-corrected chi connectivity index (χ2v) is 6.93. The molecule has 0 saturated carbocycles. The number of hydrogen-bond donors (Lipinski definition) is 1. The number of ether oxygens (including phenoxy) is 2. The van der Waals surface area contributed by atoms with Crippen molar-refractivity contribution in [3.05, 3.63) is 48.5 Å². The van der Waals surface area contributed by atoms with Gasteiger partial charge >= 0.3 is 0 Å². The number of rotatable bonds is 5. The zero-order valence-electron chi connectivity index (χ0n) is 16.1. The molecule has 0 aliphatic carbocycles. The van der Waals surface area contributed by atoms with E-state index in [0.717, 1.165) is 41.9 Å². The summed E-state index contributed by atoms with van der Waals surface area (Å²) in [7, 11) is 1.69. The van der Waals surface area contributed by atoms with Gasteiger partial charge in [-0.25, -0.2) is 0 Å². The highest BCUT2D eigenvalue weighted by atomic mass is 32.1. The Labute approximate surface area is 166 Å². The highest BCUT2D eigenvalue weighted by Crippen LogP contribution is 2.26. The van der Waals surface area contributed by atoms with Crippen molar-refractivity contribution < 1.29 is 9.47 Å². The van der Waals surface area contributed by atoms with Crippen molar-refractivity contribution >= 4 is 28.7 Å². The Bertz CT molecular complexity index is 766. The van der Waals surface area contributed by atoms with Gasteiger partial charge in [0.1, 0.15) is 11.5 Å². The maximum Gasteiger partial charge on any atom is 0.173 e. The lowest BCUT2D eigenvalue weighted by Gasteiger charge is -2.42. The van der Waals surface area contributed by atoms with Gasteiger partial charge in [0.05, 0.1) is 19.4 Å². The van der Waals surface area contributed by atoms with Gasteiger partial charge in [-0.15, -0.1) is 0 Å². The van der Waals surface area contributed by atoms with Crippen molar-refractivity contribution in [3.63, 3.8) is 0 Å². The minimum Gasteiger partial charge on any atom is -0.497 e. The van der Waals surface area contributed by atoms with Gasteiger partial charge in [0.15, 0.2) is 5.11 Å². The molecule has 1 saturated heterocycles. The minimum atomic E-state index is 0.356. The van der Waals surface area contributed by atoms with E-state index in [2.05, 4.69) is 34.2 Å². The van der Waals surface area contributed by atoms with Gasteiger partial charge in [0.2, 0.25) is 0 Å². The summed E-state index contributed by atoms with van der Waals surface area (Å²) in [6.07, 6.45) is 0. The van der Waals surface area contributed by atoms with Crippen LogP contribution >= 0.6 is 12.2 Å². The number of methoxy groups -OCH3 is 1. The predicted octanol–water partition coefficient (Wildman–Crippen LogP) is 4.00. The van der Waals surface area contributed by atoms with E-state index in [0.29, 0.717) is 12.6 Å². The molecule has 5 nitrogen and oxygen atoms in total. The summed E-state index contributed by atoms with van der Waals surface area (Å²) in [4.78, 5) is 4.63. The summed E-state index contributed by atoms with van der Waals surface area (Å²) in [5.41, 5.74) is 2.12. The van der Waals surface area contributed by atoms with E-state index in [4.69, 9.17) is 21.7 Å². The van der Waals surface area contributed by atoms with Crippen LogP contribution in [0.25, 0.3) is 0 Å². The summed E-state index contributed by atoms with van der Waals surface area (Å²) in [6.45, 7) is 7.50. The van der Waals surface area contributed by atoms with E-state index < -0.39 is 0 Å². The van der Waals surface area contributed by atoms with Gasteiger partial charge in [0.25, 0.3) is 0 Å². The molecule has 1 aliphatic heterocycles. The van der Waals surface area contributed by atoms with Crippen molar-refractivity contribution in [1.82, 2.24) is 4.90 Å². The second-order valence-electron chi connectivity index (χ2n) is 6.55. The molecule has 27 heavy (non-hydrogen) atoms. The van der Waals surface area contributed by atoms with Crippen LogP contribution in [-0.2, 0) is 0 Å². The molecule has 0 radical (unpaired) electrons. The number of anilines is 2. The third-order valence-electron chi connectivity index (χ3n) is 4.75. The summed E-state index contributed by atoms with van der Waals surface area (Å²) >= 11 is 5.67. The Kier molecular flexibility index (Phi) is 6.40. The first-order chi connectivity index (χ1) is 13.1. The molecular weight excluding hydrogens is 358 g/mol. The lowest BCUT2D eigenvalue weighted by molar-refractivity contribution is 0.338. The Balaban J connectivity index is 1.62. The van der Waals surface area contributed by atoms with Crippen LogP contribution in [0.2, 0.25) is 0 Å². The van der Waals surface area contributed by atoms with Crippen molar-refractivity contribution in [2.24, 2.45) is 0 Å². The first-order valence-corrected chi connectivity index (χ1v) is 9.71. The first-order valence-electron chi connectivity index (χ1n) is 9.30. The fourth-order valence-corrected chi connectivity index (χ4v) is 3.62. The average molecular weight is 386 g/mol. The van der Waals surface area contributed by atoms with E-state index in [1.165, 1.54) is 5.69 Å². The molecule has 2 aromatic rings. The highest BCUT2D eigenvalue weighted by Gasteiger charge is 2.25. The SMILES string of the molecule is CCOc1ccccc1NC(=S)N1CCN(c2ccc(OC)cc2)C(C)C1. The summed E-state index contributed by atoms with van der Waals surface area (Å²) in [6, 6.07) is 16.5. The van der Waals surface area contributed by atoms with E-state index in [9.17, 15) is 0 Å². The molecule has 1 unspecified atom stereocenters. The summed E-state index contributed by atoms with van der Waals surface area (Å²) < 4.78 is 10.9. The smallest absolute Gasteiger partial charge is 0.173 e. The quantitative estimate of drug-likeness (QED) is 0.784. The van der Waals surface area contributed by atoms with Crippen molar-refractivity contribution in [2.45, 2.75) is 19.9 Å². The number of para-hydroxylation sites is 2. The molecule has 0 amide bonds. The van der Waals surface area contributed by atoms with Gasteiger partial charge in [-0.1, -0.05) is 12.1 Å². The topological polar surface area (TPSA) is 37.0 Å². The number of thiocarbonyl (C=S) groups is 1. The third kappa shape index (κ3) is 4.63. The summed E-state index contributed by atoms with van der Waals surface area (Å²) in [5.74, 6) is 1.70. The Morgan fingerprint density at radius 2 is 1.89 bits per heavy atom. The molecule has 1 fully saturated rings. The average Bonchev–Trinajstić information content (AvgIpc) is 2.69. The Hall–Kier alpha value is -2.47. The molecule has 0 aromatic heterocycles. The number of benzene rings is 2. The molecule has 0 bridgehead atoms. The van der Waals surface area contributed by atoms with Crippen LogP contribution in [0.3, 0.4) is 0 Å². The van der Waals surface area contributed by atoms with Gasteiger partial charge in [-0.3, -0.25) is 0 Å². The van der Waals surface area contributed by atoms with Gasteiger partial charge in [0, 0.05) is 31.4 Å². The van der Waals surface area contributed by atoms with Gasteiger partial charge < -0.3 is 24.6 Å². The van der Waals surface area contributed by atoms with Crippen LogP contribution < -0.4 is 19.7 Å². The molecule has 1 atom stereocenters. The van der Waals surface area contributed by atoms with Crippen LogP contribution in [0, 0.1) is 0 Å². The van der Waals surface area contributed by atoms with Crippen molar-refractivity contribution in [1.29, 1.82) is 0 Å². The Morgan fingerprint density at radius 1 is 1.15 bits per heavy atom. The lowest BCUT2D eigenvalue weighted by atomic mass is 10.1. The molecule has 1 heterocycles. The van der Waals surface area contributed by atoms with Crippen LogP contribution in [-0.4, -0.2) is 49.4 Å². The summed E-state index contributed by atoms with van der Waals surface area (Å²) in [5, 5.41) is 4.09. The standard InChI is InChI=1S/C21H27N3O2S/c1-4-26-20-8-6-5-7-19(20)22-21(27)23-13-14-24(16(2)15-23)17-9-11-18(25-3)12-10-17/h5-12,16H,4,13-15H2,1-3H3,(H,22,27). The van der Waals surface area contributed by atoms with E-state index >= 15 is 0 Å². The molecule has 1 aliphatic rings. The predicted molar refractivity (Wildman–Crippen MR) is 115 cm³/mol. The zero-order valence-corrected chi connectivity index (χ0v) is 17.0. The van der Waals surface area contributed by atoms with Crippen LogP contribution in [0.1, 0.15) is 13.8 Å². The maximum atomic E-state index is 5.68. The Morgan fingerprint density at radius 3 is 2.56 bits per heavy atom. The van der Waals surface area contributed by atoms with E-state index in [1.807, 2.05) is 43.3 Å². The largest absolute Gasteiger partial charge is 0.497 e. The fraction of sp³-hybridized carbons (Fsp3) is 0.381. The van der Waals surface area contributed by atoms with Crippen LogP contribution in [0.5, 0.6) is 11.5 Å². The normalized spacial score (nSPS) is 16.8. The van der Waals surface area contributed by atoms with Crippen LogP contribution in [0.4, 0.5) is 11.4 Å². The number of nitrogens with one attached hydrogen (secondary N) is 1. The fourth-order valence-electron chi connectivity index (χ4n) is 3.34. The van der Waals surface area contributed by atoms with E-state index in [1.54, 1.807) is 7.11 Å². The molecule has 6 heteroatoms. The number of nitrogens with zero attached hydrogens (tertiary/aromatic N) is 2. The molecular formula is C21H27N3O2S. The maximum absolute atomic E-state index is 5.68. The van der Waals surface area contributed by atoms with Crippen LogP contribution in [0.15, 0.2) is 48.5 Å². The number of piperazine rings is 1. The highest BCUT2D eigenvalue weighted by molar-refractivity contribution is 7.80. The third-order valence-corrected chi connectivity index (χ3v) is 5.11. The first kappa shape index (κ1) is 19.3. The number of hydrogen-bond acceptors (Lipinski definition) is 4.